The van der Waals surface area contributed by atoms with Crippen molar-refractivity contribution < 1.29 is 9.53 Å². The lowest BCUT2D eigenvalue weighted by molar-refractivity contribution is -0.121. The summed E-state index contributed by atoms with van der Waals surface area (Å²) in [5.74, 6) is 1.91. The number of hydrogen-bond donors (Lipinski definition) is 1. The van der Waals surface area contributed by atoms with Crippen LogP contribution in [0.1, 0.15) is 77.3 Å². The Morgan fingerprint density at radius 3 is 2.84 bits per heavy atom. The molecule has 0 radical (unpaired) electrons. The number of amides is 1. The summed E-state index contributed by atoms with van der Waals surface area (Å²) in [6.45, 7) is 9.50. The van der Waals surface area contributed by atoms with Gasteiger partial charge in [-0.2, -0.15) is 4.98 Å². The highest BCUT2D eigenvalue weighted by Gasteiger charge is 2.27. The van der Waals surface area contributed by atoms with Crippen LogP contribution in [0, 0.1) is 0 Å². The second-order valence-electron chi connectivity index (χ2n) is 8.79. The van der Waals surface area contributed by atoms with E-state index in [0.29, 0.717) is 25.5 Å². The van der Waals surface area contributed by atoms with Gasteiger partial charge in [0, 0.05) is 57.2 Å². The first-order valence-corrected chi connectivity index (χ1v) is 12.1. The Balaban J connectivity index is 1.63. The van der Waals surface area contributed by atoms with Crippen LogP contribution in [0.4, 0.5) is 5.82 Å². The van der Waals surface area contributed by atoms with Crippen molar-refractivity contribution in [3.63, 3.8) is 0 Å². The van der Waals surface area contributed by atoms with Gasteiger partial charge in [0.25, 0.3) is 0 Å². The van der Waals surface area contributed by atoms with Crippen molar-refractivity contribution in [2.45, 2.75) is 77.7 Å². The molecule has 0 saturated carbocycles. The Hall–Kier alpha value is -2.48. The van der Waals surface area contributed by atoms with Crippen molar-refractivity contribution in [3.05, 3.63) is 30.5 Å². The van der Waals surface area contributed by atoms with Gasteiger partial charge in [0.2, 0.25) is 11.9 Å². The summed E-state index contributed by atoms with van der Waals surface area (Å²) < 4.78 is 7.41. The van der Waals surface area contributed by atoms with Gasteiger partial charge in [-0.05, 0) is 38.0 Å². The third-order valence-corrected chi connectivity index (χ3v) is 5.82. The van der Waals surface area contributed by atoms with Crippen molar-refractivity contribution in [2.75, 3.05) is 31.2 Å². The summed E-state index contributed by atoms with van der Waals surface area (Å²) >= 11 is 0. The first kappa shape index (κ1) is 24.2. The van der Waals surface area contributed by atoms with Gasteiger partial charge in [0.15, 0.2) is 0 Å². The number of carbonyl (C=O) groups is 1. The Morgan fingerprint density at radius 1 is 1.25 bits per heavy atom. The molecular formula is C24H38N6O2. The van der Waals surface area contributed by atoms with E-state index in [9.17, 15) is 4.79 Å². The van der Waals surface area contributed by atoms with Crippen LogP contribution in [0.5, 0.6) is 0 Å². The maximum atomic E-state index is 12.6. The fourth-order valence-electron chi connectivity index (χ4n) is 3.93. The molecule has 1 unspecified atom stereocenters. The van der Waals surface area contributed by atoms with E-state index in [0.717, 1.165) is 63.2 Å². The summed E-state index contributed by atoms with van der Waals surface area (Å²) in [6.07, 6.45) is 12.1. The normalized spacial score (nSPS) is 16.5. The van der Waals surface area contributed by atoms with Gasteiger partial charge in [0.1, 0.15) is 12.1 Å². The second-order valence-corrected chi connectivity index (χ2v) is 8.79. The van der Waals surface area contributed by atoms with Crippen LogP contribution in [0.25, 0.3) is 5.95 Å². The number of aromatic nitrogens is 4. The Kier molecular flexibility index (Phi) is 9.46. The molecule has 0 aromatic carbocycles. The number of anilines is 1. The number of nitrogens with one attached hydrogen (secondary N) is 1. The zero-order valence-corrected chi connectivity index (χ0v) is 19.8. The smallest absolute Gasteiger partial charge is 0.237 e. The highest BCUT2D eigenvalue weighted by Crippen LogP contribution is 2.28. The van der Waals surface area contributed by atoms with E-state index in [1.165, 1.54) is 0 Å². The van der Waals surface area contributed by atoms with Gasteiger partial charge in [0.05, 0.1) is 5.69 Å². The van der Waals surface area contributed by atoms with Crippen LogP contribution in [0.2, 0.25) is 0 Å². The zero-order valence-electron chi connectivity index (χ0n) is 19.8. The average molecular weight is 443 g/mol. The summed E-state index contributed by atoms with van der Waals surface area (Å²) in [5.41, 5.74) is 0.996. The van der Waals surface area contributed by atoms with Crippen molar-refractivity contribution in [1.82, 2.24) is 24.8 Å². The average Bonchev–Trinajstić information content (AvgIpc) is 3.33. The van der Waals surface area contributed by atoms with Crippen molar-refractivity contribution in [2.24, 2.45) is 0 Å². The number of nitrogens with zero attached hydrogens (tertiary/aromatic N) is 5. The maximum absolute atomic E-state index is 12.6. The van der Waals surface area contributed by atoms with E-state index in [1.54, 1.807) is 12.5 Å². The van der Waals surface area contributed by atoms with Gasteiger partial charge in [-0.25, -0.2) is 9.97 Å². The summed E-state index contributed by atoms with van der Waals surface area (Å²) in [6, 6.07) is 2.23. The van der Waals surface area contributed by atoms with Crippen LogP contribution in [0.15, 0.2) is 24.8 Å². The molecule has 1 fully saturated rings. The van der Waals surface area contributed by atoms with Crippen LogP contribution in [0.3, 0.4) is 0 Å². The predicted octanol–water partition coefficient (Wildman–Crippen LogP) is 3.86. The molecular weight excluding hydrogens is 404 g/mol. The van der Waals surface area contributed by atoms with E-state index in [1.807, 2.05) is 10.8 Å². The number of ether oxygens (including phenoxy) is 1. The topological polar surface area (TPSA) is 85.2 Å². The minimum atomic E-state index is 0.100. The second kappa shape index (κ2) is 12.5. The molecule has 2 aromatic heterocycles. The molecule has 1 amide bonds. The molecule has 8 nitrogen and oxygen atoms in total. The summed E-state index contributed by atoms with van der Waals surface area (Å²) in [5, 5.41) is 3.07. The predicted molar refractivity (Wildman–Crippen MR) is 126 cm³/mol. The van der Waals surface area contributed by atoms with Gasteiger partial charge in [-0.3, -0.25) is 9.36 Å². The number of rotatable bonds is 12. The van der Waals surface area contributed by atoms with Gasteiger partial charge in [-0.15, -0.1) is 0 Å². The quantitative estimate of drug-likeness (QED) is 0.503. The van der Waals surface area contributed by atoms with Crippen molar-refractivity contribution >= 4 is 11.7 Å². The van der Waals surface area contributed by atoms with E-state index in [4.69, 9.17) is 14.7 Å². The molecule has 1 N–H and O–H groups in total. The SMILES string of the molecule is CCCCOCCCNC(=O)CC1CCCCN1c1cc(C(C)C)nc(-n2ccnc2)n1. The van der Waals surface area contributed by atoms with Crippen LogP contribution < -0.4 is 10.2 Å². The van der Waals surface area contributed by atoms with E-state index in [-0.39, 0.29) is 17.9 Å². The van der Waals surface area contributed by atoms with E-state index >= 15 is 0 Å². The van der Waals surface area contributed by atoms with Crippen LogP contribution in [-0.2, 0) is 9.53 Å². The monoisotopic (exact) mass is 442 g/mol. The fraction of sp³-hybridized carbons (Fsp3) is 0.667. The first-order chi connectivity index (χ1) is 15.6. The molecule has 1 saturated heterocycles. The number of unbranched alkanes of at least 4 members (excludes halogenated alkanes) is 1. The minimum absolute atomic E-state index is 0.100. The number of piperidine rings is 1. The largest absolute Gasteiger partial charge is 0.381 e. The lowest BCUT2D eigenvalue weighted by Gasteiger charge is -2.36. The number of imidazole rings is 1. The molecule has 3 heterocycles. The van der Waals surface area contributed by atoms with E-state index in [2.05, 4.69) is 42.0 Å². The van der Waals surface area contributed by atoms with E-state index < -0.39 is 0 Å². The molecule has 8 heteroatoms. The molecule has 0 bridgehead atoms. The van der Waals surface area contributed by atoms with Crippen molar-refractivity contribution in [3.8, 4) is 5.95 Å². The van der Waals surface area contributed by atoms with Crippen molar-refractivity contribution in [1.29, 1.82) is 0 Å². The zero-order chi connectivity index (χ0) is 22.8. The molecule has 1 aliphatic rings. The molecule has 176 valence electrons. The fourth-order valence-corrected chi connectivity index (χ4v) is 3.93. The lowest BCUT2D eigenvalue weighted by atomic mass is 9.98. The highest BCUT2D eigenvalue weighted by molar-refractivity contribution is 5.77. The third-order valence-electron chi connectivity index (χ3n) is 5.82. The molecule has 1 atom stereocenters. The lowest BCUT2D eigenvalue weighted by Crippen LogP contribution is -2.43. The van der Waals surface area contributed by atoms with Crippen LogP contribution in [-0.4, -0.2) is 57.8 Å². The van der Waals surface area contributed by atoms with Gasteiger partial charge >= 0.3 is 0 Å². The highest BCUT2D eigenvalue weighted by atomic mass is 16.5. The molecule has 0 spiro atoms. The Bertz CT molecular complexity index is 824. The summed E-state index contributed by atoms with van der Waals surface area (Å²) in [4.78, 5) is 28.6. The number of carbonyl (C=O) groups excluding carboxylic acids is 1. The molecule has 3 rings (SSSR count). The Morgan fingerprint density at radius 2 is 2.09 bits per heavy atom. The van der Waals surface area contributed by atoms with Gasteiger partial charge < -0.3 is 15.0 Å². The summed E-state index contributed by atoms with van der Waals surface area (Å²) in [7, 11) is 0. The molecule has 0 aliphatic carbocycles. The van der Waals surface area contributed by atoms with Gasteiger partial charge in [-0.1, -0.05) is 27.2 Å². The molecule has 1 aliphatic heterocycles. The Labute approximate surface area is 191 Å². The standard InChI is InChI=1S/C24H38N6O2/c1-4-5-14-32-15-8-10-26-23(31)16-20-9-6-7-12-30(20)22-17-21(19(2)3)27-24(28-22)29-13-11-25-18-29/h11,13,17-20H,4-10,12,14-16H2,1-3H3,(H,26,31). The minimum Gasteiger partial charge on any atom is -0.381 e. The maximum Gasteiger partial charge on any atom is 0.237 e. The molecule has 32 heavy (non-hydrogen) atoms. The molecule has 2 aromatic rings. The van der Waals surface area contributed by atoms with Crippen LogP contribution >= 0.6 is 0 Å². The third kappa shape index (κ3) is 7.02. The first-order valence-electron chi connectivity index (χ1n) is 12.1. The number of hydrogen-bond acceptors (Lipinski definition) is 6.